The van der Waals surface area contributed by atoms with E-state index < -0.39 is 0 Å². The molecule has 0 spiro atoms. The van der Waals surface area contributed by atoms with Crippen LogP contribution in [0.2, 0.25) is 0 Å². The lowest BCUT2D eigenvalue weighted by molar-refractivity contribution is 0.253. The van der Waals surface area contributed by atoms with Crippen LogP contribution >= 0.6 is 12.2 Å². The number of likely N-dealkylation sites (tertiary alicyclic amines) is 1. The van der Waals surface area contributed by atoms with Crippen LogP contribution in [0.1, 0.15) is 12.8 Å². The maximum Gasteiger partial charge on any atom is 0.204 e. The average molecular weight is 366 g/mol. The van der Waals surface area contributed by atoms with Gasteiger partial charge in [0, 0.05) is 11.3 Å². The highest BCUT2D eigenvalue weighted by Gasteiger charge is 2.18. The molecule has 1 fully saturated rings. The smallest absolute Gasteiger partial charge is 0.204 e. The Bertz CT molecular complexity index is 925. The molecule has 0 N–H and O–H groups in total. The highest BCUT2D eigenvalue weighted by molar-refractivity contribution is 7.71. The normalized spacial score (nSPS) is 14.7. The topological polar surface area (TPSA) is 35.2 Å². The Labute approximate surface area is 158 Å². The summed E-state index contributed by atoms with van der Waals surface area (Å²) in [7, 11) is 1.67. The Balaban J connectivity index is 1.81. The number of hydrogen-bond donors (Lipinski definition) is 0. The molecule has 1 aliphatic rings. The van der Waals surface area contributed by atoms with Crippen LogP contribution in [-0.2, 0) is 6.67 Å². The van der Waals surface area contributed by atoms with Crippen molar-refractivity contribution < 1.29 is 4.74 Å². The van der Waals surface area contributed by atoms with E-state index in [0.29, 0.717) is 4.77 Å². The van der Waals surface area contributed by atoms with Gasteiger partial charge in [0.1, 0.15) is 5.75 Å². The third-order valence-electron chi connectivity index (χ3n) is 4.73. The molecule has 1 saturated heterocycles. The summed E-state index contributed by atoms with van der Waals surface area (Å²) in [5, 5.41) is 4.87. The number of hydrogen-bond acceptors (Lipinski definition) is 4. The highest BCUT2D eigenvalue weighted by Crippen LogP contribution is 2.25. The van der Waals surface area contributed by atoms with Crippen molar-refractivity contribution >= 4 is 12.2 Å². The number of benzene rings is 2. The second-order valence-corrected chi connectivity index (χ2v) is 6.84. The maximum atomic E-state index is 5.79. The number of para-hydroxylation sites is 1. The third kappa shape index (κ3) is 3.30. The van der Waals surface area contributed by atoms with Crippen LogP contribution in [0.3, 0.4) is 0 Å². The van der Waals surface area contributed by atoms with Gasteiger partial charge in [0.05, 0.1) is 13.8 Å². The van der Waals surface area contributed by atoms with E-state index in [4.69, 9.17) is 22.1 Å². The summed E-state index contributed by atoms with van der Waals surface area (Å²) >= 11 is 5.79. The largest absolute Gasteiger partial charge is 0.497 e. The van der Waals surface area contributed by atoms with Crippen molar-refractivity contribution in [3.05, 3.63) is 59.4 Å². The molecule has 0 saturated carbocycles. The Morgan fingerprint density at radius 2 is 1.69 bits per heavy atom. The molecule has 2 aromatic carbocycles. The molecule has 134 valence electrons. The predicted octanol–water partition coefficient (Wildman–Crippen LogP) is 4.13. The van der Waals surface area contributed by atoms with Crippen LogP contribution in [0.4, 0.5) is 0 Å². The molecule has 0 amide bonds. The quantitative estimate of drug-likeness (QED) is 0.636. The number of rotatable bonds is 5. The number of ether oxygens (including phenoxy) is 1. The van der Waals surface area contributed by atoms with E-state index in [2.05, 4.69) is 17.0 Å². The fraction of sp³-hybridized carbons (Fsp3) is 0.300. The molecule has 6 heteroatoms. The molecule has 5 nitrogen and oxygen atoms in total. The van der Waals surface area contributed by atoms with E-state index >= 15 is 0 Å². The van der Waals surface area contributed by atoms with Gasteiger partial charge in [-0.25, -0.2) is 4.68 Å². The van der Waals surface area contributed by atoms with E-state index in [-0.39, 0.29) is 0 Å². The van der Waals surface area contributed by atoms with Crippen LogP contribution in [0.5, 0.6) is 5.75 Å². The standard InChI is InChI=1S/C20H22N4OS/c1-25-18-11-9-16(10-12-18)19-21-23(15-22-13-5-6-14-22)20(26)24(19)17-7-3-2-4-8-17/h2-4,7-12H,5-6,13-15H2,1H3. The van der Waals surface area contributed by atoms with Crippen molar-refractivity contribution in [2.45, 2.75) is 19.5 Å². The highest BCUT2D eigenvalue weighted by atomic mass is 32.1. The van der Waals surface area contributed by atoms with Crippen LogP contribution in [-0.4, -0.2) is 39.4 Å². The third-order valence-corrected chi connectivity index (χ3v) is 5.13. The van der Waals surface area contributed by atoms with Crippen LogP contribution < -0.4 is 4.74 Å². The average Bonchev–Trinajstić information content (AvgIpc) is 3.31. The van der Waals surface area contributed by atoms with E-state index in [1.54, 1.807) is 7.11 Å². The summed E-state index contributed by atoms with van der Waals surface area (Å²) in [4.78, 5) is 2.40. The van der Waals surface area contributed by atoms with E-state index in [0.717, 1.165) is 42.6 Å². The lowest BCUT2D eigenvalue weighted by Crippen LogP contribution is -2.23. The molecule has 26 heavy (non-hydrogen) atoms. The van der Waals surface area contributed by atoms with Gasteiger partial charge >= 0.3 is 0 Å². The van der Waals surface area contributed by atoms with Gasteiger partial charge in [0.15, 0.2) is 5.82 Å². The molecule has 2 heterocycles. The molecule has 0 atom stereocenters. The van der Waals surface area contributed by atoms with Gasteiger partial charge in [-0.05, 0) is 74.5 Å². The van der Waals surface area contributed by atoms with Gasteiger partial charge in [0.25, 0.3) is 0 Å². The van der Waals surface area contributed by atoms with Crippen molar-refractivity contribution in [2.75, 3.05) is 20.2 Å². The number of nitrogens with zero attached hydrogens (tertiary/aromatic N) is 4. The van der Waals surface area contributed by atoms with Gasteiger partial charge in [0.2, 0.25) is 4.77 Å². The monoisotopic (exact) mass is 366 g/mol. The van der Waals surface area contributed by atoms with Crippen molar-refractivity contribution in [3.8, 4) is 22.8 Å². The van der Waals surface area contributed by atoms with E-state index in [1.165, 1.54) is 12.8 Å². The zero-order valence-corrected chi connectivity index (χ0v) is 15.7. The second kappa shape index (κ2) is 7.43. The van der Waals surface area contributed by atoms with Gasteiger partial charge in [-0.2, -0.15) is 0 Å². The Morgan fingerprint density at radius 3 is 2.35 bits per heavy atom. The lowest BCUT2D eigenvalue weighted by atomic mass is 10.2. The van der Waals surface area contributed by atoms with Gasteiger partial charge in [-0.1, -0.05) is 18.2 Å². The minimum absolute atomic E-state index is 0.717. The summed E-state index contributed by atoms with van der Waals surface area (Å²) in [6, 6.07) is 18.1. The fourth-order valence-corrected chi connectivity index (χ4v) is 3.64. The minimum atomic E-state index is 0.717. The number of aromatic nitrogens is 3. The Hall–Kier alpha value is -2.44. The number of methoxy groups -OCH3 is 1. The molecule has 4 rings (SSSR count). The maximum absolute atomic E-state index is 5.79. The Kier molecular flexibility index (Phi) is 4.86. The molecule has 0 radical (unpaired) electrons. The molecule has 1 aromatic heterocycles. The zero-order valence-electron chi connectivity index (χ0n) is 14.8. The molecular weight excluding hydrogens is 344 g/mol. The second-order valence-electron chi connectivity index (χ2n) is 6.47. The van der Waals surface area contributed by atoms with Gasteiger partial charge in [-0.3, -0.25) is 9.47 Å². The molecule has 1 aliphatic heterocycles. The molecule has 0 aliphatic carbocycles. The molecule has 0 unspecified atom stereocenters. The molecule has 0 bridgehead atoms. The van der Waals surface area contributed by atoms with Crippen LogP contribution in [0.25, 0.3) is 17.1 Å². The van der Waals surface area contributed by atoms with Gasteiger partial charge in [-0.15, -0.1) is 5.10 Å². The van der Waals surface area contributed by atoms with Crippen molar-refractivity contribution in [1.29, 1.82) is 0 Å². The first-order chi connectivity index (χ1) is 12.8. The molecule has 3 aromatic rings. The summed E-state index contributed by atoms with van der Waals surface area (Å²) in [6.45, 7) is 2.96. The van der Waals surface area contributed by atoms with Crippen molar-refractivity contribution in [2.24, 2.45) is 0 Å². The Morgan fingerprint density at radius 1 is 1.00 bits per heavy atom. The van der Waals surface area contributed by atoms with Crippen molar-refractivity contribution in [1.82, 2.24) is 19.2 Å². The first kappa shape index (κ1) is 17.0. The zero-order chi connectivity index (χ0) is 17.9. The SMILES string of the molecule is COc1ccc(-c2nn(CN3CCCC3)c(=S)n2-c2ccccc2)cc1. The summed E-state index contributed by atoms with van der Waals surface area (Å²) in [5.41, 5.74) is 2.04. The van der Waals surface area contributed by atoms with Gasteiger partial charge < -0.3 is 4.74 Å². The lowest BCUT2D eigenvalue weighted by Gasteiger charge is -2.13. The fourth-order valence-electron chi connectivity index (χ4n) is 3.35. The summed E-state index contributed by atoms with van der Waals surface area (Å²) in [6.07, 6.45) is 2.50. The van der Waals surface area contributed by atoms with Crippen LogP contribution in [0.15, 0.2) is 54.6 Å². The summed E-state index contributed by atoms with van der Waals surface area (Å²) in [5.74, 6) is 1.68. The van der Waals surface area contributed by atoms with Crippen molar-refractivity contribution in [3.63, 3.8) is 0 Å². The summed E-state index contributed by atoms with van der Waals surface area (Å²) < 4.78 is 9.98. The molecular formula is C20H22N4OS. The first-order valence-corrected chi connectivity index (χ1v) is 9.29. The first-order valence-electron chi connectivity index (χ1n) is 8.88. The van der Waals surface area contributed by atoms with E-state index in [1.807, 2.05) is 51.7 Å². The minimum Gasteiger partial charge on any atom is -0.497 e. The predicted molar refractivity (Wildman–Crippen MR) is 105 cm³/mol. The van der Waals surface area contributed by atoms with E-state index in [9.17, 15) is 0 Å². The van der Waals surface area contributed by atoms with Crippen LogP contribution in [0, 0.1) is 4.77 Å².